The molecule has 0 aliphatic carbocycles. The van der Waals surface area contributed by atoms with Gasteiger partial charge in [0.25, 0.3) is 0 Å². The van der Waals surface area contributed by atoms with Crippen LogP contribution in [0.4, 0.5) is 10.2 Å². The van der Waals surface area contributed by atoms with Gasteiger partial charge in [0.1, 0.15) is 17.9 Å². The molecule has 0 bridgehead atoms. The average Bonchev–Trinajstić information content (AvgIpc) is 2.66. The van der Waals surface area contributed by atoms with Gasteiger partial charge in [0, 0.05) is 27.9 Å². The zero-order chi connectivity index (χ0) is 18.7. The van der Waals surface area contributed by atoms with E-state index in [2.05, 4.69) is 10.3 Å². The SMILES string of the molecule is CC(Nc1ccc(-c2ccc(C=O)cc2)cn1)c1c(Cl)ccc(F)c1Cl. The summed E-state index contributed by atoms with van der Waals surface area (Å²) in [5, 5.41) is 3.57. The minimum Gasteiger partial charge on any atom is -0.363 e. The lowest BCUT2D eigenvalue weighted by Crippen LogP contribution is -2.09. The van der Waals surface area contributed by atoms with E-state index < -0.39 is 5.82 Å². The van der Waals surface area contributed by atoms with Gasteiger partial charge in [0.2, 0.25) is 0 Å². The standard InChI is InChI=1S/C20H15Cl2FN2O/c1-12(19-16(21)7-8-17(23)20(19)22)25-18-9-6-15(10-24-18)14-4-2-13(11-26)3-5-14/h2-12H,1H3,(H,24,25). The molecule has 132 valence electrons. The van der Waals surface area contributed by atoms with Gasteiger partial charge in [-0.3, -0.25) is 4.79 Å². The number of anilines is 1. The summed E-state index contributed by atoms with van der Waals surface area (Å²) < 4.78 is 13.7. The molecule has 26 heavy (non-hydrogen) atoms. The minimum atomic E-state index is -0.512. The van der Waals surface area contributed by atoms with Crippen molar-refractivity contribution in [2.24, 2.45) is 0 Å². The van der Waals surface area contributed by atoms with Crippen LogP contribution >= 0.6 is 23.2 Å². The van der Waals surface area contributed by atoms with Gasteiger partial charge in [-0.25, -0.2) is 9.37 Å². The third kappa shape index (κ3) is 3.87. The van der Waals surface area contributed by atoms with Crippen LogP contribution in [0.1, 0.15) is 28.9 Å². The molecule has 0 aliphatic heterocycles. The average molecular weight is 389 g/mol. The molecule has 0 spiro atoms. The smallest absolute Gasteiger partial charge is 0.150 e. The fraction of sp³-hybridized carbons (Fsp3) is 0.100. The highest BCUT2D eigenvalue weighted by atomic mass is 35.5. The van der Waals surface area contributed by atoms with E-state index in [0.29, 0.717) is 22.0 Å². The van der Waals surface area contributed by atoms with Crippen LogP contribution in [0.15, 0.2) is 54.7 Å². The molecular formula is C20H15Cl2FN2O. The number of aromatic nitrogens is 1. The lowest BCUT2D eigenvalue weighted by Gasteiger charge is -2.18. The van der Waals surface area contributed by atoms with Gasteiger partial charge >= 0.3 is 0 Å². The second kappa shape index (κ2) is 7.85. The van der Waals surface area contributed by atoms with Gasteiger partial charge in [-0.05, 0) is 36.8 Å². The van der Waals surface area contributed by atoms with Crippen molar-refractivity contribution in [2.45, 2.75) is 13.0 Å². The molecule has 0 amide bonds. The zero-order valence-corrected chi connectivity index (χ0v) is 15.4. The molecule has 0 saturated heterocycles. The van der Waals surface area contributed by atoms with Crippen molar-refractivity contribution in [3.8, 4) is 11.1 Å². The molecule has 0 fully saturated rings. The Bertz CT molecular complexity index is 928. The van der Waals surface area contributed by atoms with E-state index in [1.165, 1.54) is 12.1 Å². The molecular weight excluding hydrogens is 374 g/mol. The molecule has 1 atom stereocenters. The summed E-state index contributed by atoms with van der Waals surface area (Å²) >= 11 is 12.2. The van der Waals surface area contributed by atoms with Gasteiger partial charge in [0.05, 0.1) is 11.1 Å². The number of nitrogens with one attached hydrogen (secondary N) is 1. The van der Waals surface area contributed by atoms with Crippen LogP contribution in [0.2, 0.25) is 10.0 Å². The highest BCUT2D eigenvalue weighted by molar-refractivity contribution is 6.36. The Morgan fingerprint density at radius 2 is 1.73 bits per heavy atom. The monoisotopic (exact) mass is 388 g/mol. The van der Waals surface area contributed by atoms with Crippen molar-refractivity contribution in [3.05, 3.63) is 81.7 Å². The Kier molecular flexibility index (Phi) is 5.55. The van der Waals surface area contributed by atoms with Gasteiger partial charge in [-0.2, -0.15) is 0 Å². The molecule has 0 saturated carbocycles. The molecule has 2 aromatic carbocycles. The molecule has 1 aromatic heterocycles. The number of halogens is 3. The quantitative estimate of drug-likeness (QED) is 0.419. The largest absolute Gasteiger partial charge is 0.363 e. The first-order valence-electron chi connectivity index (χ1n) is 7.91. The van der Waals surface area contributed by atoms with Crippen LogP contribution in [-0.2, 0) is 0 Å². The molecule has 1 N–H and O–H groups in total. The van der Waals surface area contributed by atoms with Crippen LogP contribution in [0.3, 0.4) is 0 Å². The fourth-order valence-electron chi connectivity index (χ4n) is 2.64. The summed E-state index contributed by atoms with van der Waals surface area (Å²) in [4.78, 5) is 15.1. The van der Waals surface area contributed by atoms with Crippen LogP contribution < -0.4 is 5.32 Å². The maximum Gasteiger partial charge on any atom is 0.150 e. The normalized spacial score (nSPS) is 11.8. The molecule has 1 heterocycles. The van der Waals surface area contributed by atoms with Crippen LogP contribution in [0.5, 0.6) is 0 Å². The number of benzene rings is 2. The van der Waals surface area contributed by atoms with Crippen LogP contribution in [0, 0.1) is 5.82 Å². The number of hydrogen-bond donors (Lipinski definition) is 1. The summed E-state index contributed by atoms with van der Waals surface area (Å²) in [5.74, 6) is 0.101. The number of carbonyl (C=O) groups excluding carboxylic acids is 1. The molecule has 0 radical (unpaired) electrons. The van der Waals surface area contributed by atoms with E-state index >= 15 is 0 Å². The number of aldehydes is 1. The van der Waals surface area contributed by atoms with Gasteiger partial charge in [0.15, 0.2) is 0 Å². The third-order valence-corrected chi connectivity index (χ3v) is 4.73. The predicted molar refractivity (Wildman–Crippen MR) is 104 cm³/mol. The number of hydrogen-bond acceptors (Lipinski definition) is 3. The number of nitrogens with zero attached hydrogens (tertiary/aromatic N) is 1. The Morgan fingerprint density at radius 3 is 2.35 bits per heavy atom. The molecule has 3 rings (SSSR count). The van der Waals surface area contributed by atoms with Crippen molar-refractivity contribution >= 4 is 35.3 Å². The highest BCUT2D eigenvalue weighted by Gasteiger charge is 2.17. The summed E-state index contributed by atoms with van der Waals surface area (Å²) in [5.41, 5.74) is 2.99. The Labute approximate surface area is 160 Å². The predicted octanol–water partition coefficient (Wildman–Crippen LogP) is 6.18. The topological polar surface area (TPSA) is 42.0 Å². The lowest BCUT2D eigenvalue weighted by molar-refractivity contribution is 0.112. The van der Waals surface area contributed by atoms with Gasteiger partial charge in [-0.1, -0.05) is 47.5 Å². The minimum absolute atomic E-state index is 0.00406. The first kappa shape index (κ1) is 18.4. The second-order valence-corrected chi connectivity index (χ2v) is 6.58. The lowest BCUT2D eigenvalue weighted by atomic mass is 10.1. The van der Waals surface area contributed by atoms with Gasteiger partial charge in [-0.15, -0.1) is 0 Å². The Hall–Kier alpha value is -2.43. The van der Waals surface area contributed by atoms with E-state index in [-0.39, 0.29) is 11.1 Å². The zero-order valence-electron chi connectivity index (χ0n) is 13.8. The van der Waals surface area contributed by atoms with Crippen LogP contribution in [0.25, 0.3) is 11.1 Å². The van der Waals surface area contributed by atoms with Crippen molar-refractivity contribution in [1.82, 2.24) is 4.98 Å². The van der Waals surface area contributed by atoms with E-state index in [4.69, 9.17) is 23.2 Å². The van der Waals surface area contributed by atoms with Crippen molar-refractivity contribution in [2.75, 3.05) is 5.32 Å². The van der Waals surface area contributed by atoms with E-state index in [9.17, 15) is 9.18 Å². The second-order valence-electron chi connectivity index (χ2n) is 5.79. The third-order valence-electron chi connectivity index (χ3n) is 4.02. The first-order valence-corrected chi connectivity index (χ1v) is 8.67. The van der Waals surface area contributed by atoms with E-state index in [0.717, 1.165) is 17.4 Å². The fourth-order valence-corrected chi connectivity index (χ4v) is 3.34. The molecule has 1 unspecified atom stereocenters. The number of carbonyl (C=O) groups is 1. The van der Waals surface area contributed by atoms with E-state index in [1.54, 1.807) is 18.3 Å². The summed E-state index contributed by atoms with van der Waals surface area (Å²) in [6.07, 6.45) is 2.53. The van der Waals surface area contributed by atoms with Gasteiger partial charge < -0.3 is 5.32 Å². The van der Waals surface area contributed by atoms with Crippen molar-refractivity contribution in [3.63, 3.8) is 0 Å². The first-order chi connectivity index (χ1) is 12.5. The molecule has 3 nitrogen and oxygen atoms in total. The summed E-state index contributed by atoms with van der Waals surface area (Å²) in [6.45, 7) is 1.83. The molecule has 0 aliphatic rings. The van der Waals surface area contributed by atoms with Crippen molar-refractivity contribution < 1.29 is 9.18 Å². The number of pyridine rings is 1. The van der Waals surface area contributed by atoms with Crippen LogP contribution in [-0.4, -0.2) is 11.3 Å². The molecule has 6 heteroatoms. The highest BCUT2D eigenvalue weighted by Crippen LogP contribution is 2.34. The molecule has 3 aromatic rings. The summed E-state index contributed by atoms with van der Waals surface area (Å²) in [6, 6.07) is 13.4. The maximum absolute atomic E-state index is 13.7. The number of rotatable bonds is 5. The maximum atomic E-state index is 13.7. The van der Waals surface area contributed by atoms with E-state index in [1.807, 2.05) is 31.2 Å². The summed E-state index contributed by atoms with van der Waals surface area (Å²) in [7, 11) is 0. The Balaban J connectivity index is 1.79. The Morgan fingerprint density at radius 1 is 1.04 bits per heavy atom. The van der Waals surface area contributed by atoms with Crippen molar-refractivity contribution in [1.29, 1.82) is 0 Å².